The van der Waals surface area contributed by atoms with Gasteiger partial charge in [-0.25, -0.2) is 9.59 Å². The van der Waals surface area contributed by atoms with Crippen LogP contribution in [0.3, 0.4) is 0 Å². The molecule has 0 aliphatic carbocycles. The Balaban J connectivity index is 0. The molecule has 0 bridgehead atoms. The van der Waals surface area contributed by atoms with E-state index in [2.05, 4.69) is 4.89 Å². The molecule has 1 unspecified atom stereocenters. The van der Waals surface area contributed by atoms with Crippen LogP contribution in [0.2, 0.25) is 0 Å². The molecule has 1 atom stereocenters. The van der Waals surface area contributed by atoms with Crippen LogP contribution < -0.4 is 0 Å². The van der Waals surface area contributed by atoms with Crippen LogP contribution >= 0.6 is 0 Å². The van der Waals surface area contributed by atoms with Crippen molar-refractivity contribution in [2.75, 3.05) is 0 Å². The molecule has 0 rings (SSSR count). The second-order valence-electron chi connectivity index (χ2n) is 2.55. The number of carboxylic acid groups (broad SMARTS) is 2. The summed E-state index contributed by atoms with van der Waals surface area (Å²) in [5, 5.41) is 33.6. The molecule has 8 nitrogen and oxygen atoms in total. The molecule has 0 aromatic rings. The van der Waals surface area contributed by atoms with E-state index in [1.165, 1.54) is 0 Å². The summed E-state index contributed by atoms with van der Waals surface area (Å²) in [4.78, 5) is 34.1. The SMILES string of the molecule is O=C(O)CC(O)(CC(=O)OO)C(=O)O.[Ni]. The maximum Gasteiger partial charge on any atom is 0.345 e. The number of hydrogen-bond acceptors (Lipinski definition) is 6. The Kier molecular flexibility index (Phi) is 6.87. The second kappa shape index (κ2) is 6.33. The van der Waals surface area contributed by atoms with Gasteiger partial charge in [0, 0.05) is 16.5 Å². The smallest absolute Gasteiger partial charge is 0.345 e. The van der Waals surface area contributed by atoms with Crippen LogP contribution in [0.4, 0.5) is 0 Å². The van der Waals surface area contributed by atoms with Crippen molar-refractivity contribution >= 4 is 17.9 Å². The number of carboxylic acids is 2. The fourth-order valence-corrected chi connectivity index (χ4v) is 0.735. The minimum atomic E-state index is -2.77. The summed E-state index contributed by atoms with van der Waals surface area (Å²) in [5.74, 6) is -4.91. The van der Waals surface area contributed by atoms with Crippen molar-refractivity contribution in [1.82, 2.24) is 0 Å². The molecule has 0 radical (unpaired) electrons. The summed E-state index contributed by atoms with van der Waals surface area (Å²) >= 11 is 0. The third kappa shape index (κ3) is 5.31. The first kappa shape index (κ1) is 16.3. The monoisotopic (exact) mass is 266 g/mol. The largest absolute Gasteiger partial charge is 0.481 e. The minimum Gasteiger partial charge on any atom is -0.481 e. The van der Waals surface area contributed by atoms with E-state index in [-0.39, 0.29) is 16.5 Å². The number of aliphatic hydroxyl groups is 1. The topological polar surface area (TPSA) is 141 Å². The standard InChI is InChI=1S/C6H8O8.Ni/c7-3(8)1-6(12,5(10)11)2-4(9)14-13;/h12-13H,1-2H2,(H,7,8)(H,10,11);. The van der Waals surface area contributed by atoms with E-state index in [4.69, 9.17) is 20.6 Å². The fraction of sp³-hybridized carbons (Fsp3) is 0.500. The fourth-order valence-electron chi connectivity index (χ4n) is 0.735. The Morgan fingerprint density at radius 2 is 1.60 bits per heavy atom. The van der Waals surface area contributed by atoms with Crippen molar-refractivity contribution in [2.45, 2.75) is 18.4 Å². The zero-order valence-corrected chi connectivity index (χ0v) is 8.14. The van der Waals surface area contributed by atoms with Crippen molar-refractivity contribution in [3.05, 3.63) is 0 Å². The van der Waals surface area contributed by atoms with Gasteiger partial charge in [0.05, 0.1) is 12.8 Å². The number of aliphatic carboxylic acids is 2. The molecule has 0 fully saturated rings. The summed E-state index contributed by atoms with van der Waals surface area (Å²) in [6, 6.07) is 0. The van der Waals surface area contributed by atoms with Gasteiger partial charge in [0.25, 0.3) is 0 Å². The third-order valence-electron chi connectivity index (χ3n) is 1.38. The molecular formula is C6H8NiO8. The van der Waals surface area contributed by atoms with Crippen molar-refractivity contribution in [3.63, 3.8) is 0 Å². The van der Waals surface area contributed by atoms with E-state index in [1.54, 1.807) is 0 Å². The zero-order chi connectivity index (χ0) is 11.4. The van der Waals surface area contributed by atoms with Gasteiger partial charge < -0.3 is 20.2 Å². The molecular weight excluding hydrogens is 259 g/mol. The minimum absolute atomic E-state index is 0. The molecule has 0 aliphatic heterocycles. The Morgan fingerprint density at radius 1 is 1.13 bits per heavy atom. The van der Waals surface area contributed by atoms with E-state index in [1.807, 2.05) is 0 Å². The molecule has 0 heterocycles. The van der Waals surface area contributed by atoms with Crippen LogP contribution in [0.5, 0.6) is 0 Å². The first-order valence-electron chi connectivity index (χ1n) is 3.33. The average molecular weight is 267 g/mol. The predicted octanol–water partition coefficient (Wildman–Crippen LogP) is -1.32. The number of hydrogen-bond donors (Lipinski definition) is 4. The first-order chi connectivity index (χ1) is 6.31. The van der Waals surface area contributed by atoms with Gasteiger partial charge in [-0.05, 0) is 0 Å². The summed E-state index contributed by atoms with van der Waals surface area (Å²) in [6.45, 7) is 0. The van der Waals surface area contributed by atoms with Crippen LogP contribution in [0, 0.1) is 0 Å². The quantitative estimate of drug-likeness (QED) is 0.273. The van der Waals surface area contributed by atoms with Gasteiger partial charge in [-0.15, -0.1) is 0 Å². The molecule has 90 valence electrons. The van der Waals surface area contributed by atoms with Crippen LogP contribution in [0.25, 0.3) is 0 Å². The van der Waals surface area contributed by atoms with E-state index >= 15 is 0 Å². The number of carbonyl (C=O) groups is 3. The van der Waals surface area contributed by atoms with Crippen LogP contribution in [0.15, 0.2) is 0 Å². The summed E-state index contributed by atoms with van der Waals surface area (Å²) in [7, 11) is 0. The first-order valence-corrected chi connectivity index (χ1v) is 3.33. The van der Waals surface area contributed by atoms with Crippen LogP contribution in [-0.2, 0) is 35.8 Å². The Morgan fingerprint density at radius 3 is 1.87 bits per heavy atom. The number of carbonyl (C=O) groups excluding carboxylic acids is 1. The summed E-state index contributed by atoms with van der Waals surface area (Å²) in [5.41, 5.74) is -2.77. The van der Waals surface area contributed by atoms with Gasteiger partial charge in [0.1, 0.15) is 0 Å². The second-order valence-corrected chi connectivity index (χ2v) is 2.55. The van der Waals surface area contributed by atoms with E-state index < -0.39 is 36.4 Å². The average Bonchev–Trinajstić information content (AvgIpc) is 2.02. The van der Waals surface area contributed by atoms with Gasteiger partial charge in [-0.1, -0.05) is 0 Å². The third-order valence-corrected chi connectivity index (χ3v) is 1.38. The Bertz CT molecular complexity index is 264. The van der Waals surface area contributed by atoms with Crippen molar-refractivity contribution in [1.29, 1.82) is 0 Å². The molecule has 9 heteroatoms. The number of rotatable bonds is 5. The van der Waals surface area contributed by atoms with Gasteiger partial charge in [0.2, 0.25) is 0 Å². The molecule has 0 saturated heterocycles. The van der Waals surface area contributed by atoms with Crippen LogP contribution in [0.1, 0.15) is 12.8 Å². The molecule has 0 aliphatic rings. The zero-order valence-electron chi connectivity index (χ0n) is 7.15. The predicted molar refractivity (Wildman–Crippen MR) is 38.2 cm³/mol. The molecule has 4 N–H and O–H groups in total. The van der Waals surface area contributed by atoms with Crippen molar-refractivity contribution in [3.8, 4) is 0 Å². The van der Waals surface area contributed by atoms with E-state index in [9.17, 15) is 14.4 Å². The van der Waals surface area contributed by atoms with Gasteiger partial charge in [-0.3, -0.25) is 4.79 Å². The molecule has 0 saturated carbocycles. The van der Waals surface area contributed by atoms with Gasteiger partial charge in [0.15, 0.2) is 5.60 Å². The molecule has 15 heavy (non-hydrogen) atoms. The maximum absolute atomic E-state index is 10.4. The van der Waals surface area contributed by atoms with Crippen molar-refractivity contribution < 1.29 is 56.3 Å². The van der Waals surface area contributed by atoms with Gasteiger partial charge >= 0.3 is 17.9 Å². The maximum atomic E-state index is 10.4. The molecule has 0 spiro atoms. The summed E-state index contributed by atoms with van der Waals surface area (Å²) in [6.07, 6.45) is -2.32. The van der Waals surface area contributed by atoms with Crippen LogP contribution in [-0.4, -0.2) is 44.1 Å². The van der Waals surface area contributed by atoms with Crippen molar-refractivity contribution in [2.24, 2.45) is 0 Å². The molecule has 0 aromatic heterocycles. The normalized spacial score (nSPS) is 13.2. The molecule has 0 amide bonds. The Hall–Kier alpha value is -1.18. The van der Waals surface area contributed by atoms with Gasteiger partial charge in [-0.2, -0.15) is 5.26 Å². The molecule has 0 aromatic carbocycles. The van der Waals surface area contributed by atoms with E-state index in [0.717, 1.165) is 0 Å². The van der Waals surface area contributed by atoms with E-state index in [0.29, 0.717) is 0 Å². The summed E-state index contributed by atoms with van der Waals surface area (Å²) < 4.78 is 0. The Labute approximate surface area is 93.3 Å².